The van der Waals surface area contributed by atoms with Gasteiger partial charge in [0.2, 0.25) is 5.91 Å². The summed E-state index contributed by atoms with van der Waals surface area (Å²) in [6.45, 7) is 2.00. The second-order valence-electron chi connectivity index (χ2n) is 5.34. The lowest BCUT2D eigenvalue weighted by Gasteiger charge is -2.26. The van der Waals surface area contributed by atoms with E-state index < -0.39 is 0 Å². The van der Waals surface area contributed by atoms with Gasteiger partial charge < -0.3 is 19.2 Å². The van der Waals surface area contributed by atoms with Gasteiger partial charge in [-0.3, -0.25) is 4.79 Å². The Kier molecular flexibility index (Phi) is 3.96. The number of nitrogens with zero attached hydrogens (tertiary/aromatic N) is 2. The maximum absolute atomic E-state index is 12.4. The Hall–Kier alpha value is -1.82. The minimum Gasteiger partial charge on any atom is -0.497 e. The second-order valence-corrected chi connectivity index (χ2v) is 5.73. The Balaban J connectivity index is 1.90. The summed E-state index contributed by atoms with van der Waals surface area (Å²) in [7, 11) is 1.63. The van der Waals surface area contributed by atoms with Gasteiger partial charge in [-0.1, -0.05) is 0 Å². The molecule has 21 heavy (non-hydrogen) atoms. The molecule has 0 atom stereocenters. The van der Waals surface area contributed by atoms with Crippen molar-refractivity contribution >= 4 is 29.2 Å². The van der Waals surface area contributed by atoms with Gasteiger partial charge in [-0.2, -0.15) is 0 Å². The lowest BCUT2D eigenvalue weighted by Crippen LogP contribution is -2.37. The summed E-state index contributed by atoms with van der Waals surface area (Å²) in [5.74, 6) is 0.894. The first kappa shape index (κ1) is 14.1. The predicted molar refractivity (Wildman–Crippen MR) is 84.1 cm³/mol. The van der Waals surface area contributed by atoms with E-state index in [2.05, 4.69) is 4.98 Å². The number of rotatable bonds is 3. The first-order chi connectivity index (χ1) is 10.2. The number of nitrogens with one attached hydrogen (secondary N) is 1. The van der Waals surface area contributed by atoms with Crippen LogP contribution in [0, 0.1) is 4.77 Å². The molecule has 1 saturated heterocycles. The molecule has 0 saturated carbocycles. The molecule has 0 radical (unpaired) electrons. The molecule has 1 aliphatic rings. The van der Waals surface area contributed by atoms with Crippen molar-refractivity contribution in [2.75, 3.05) is 20.2 Å². The molecule has 3 rings (SSSR count). The zero-order valence-corrected chi connectivity index (χ0v) is 12.9. The van der Waals surface area contributed by atoms with E-state index in [1.165, 1.54) is 6.42 Å². The maximum atomic E-state index is 12.4. The number of likely N-dealkylation sites (tertiary alicyclic amines) is 1. The molecular formula is C15H19N3O2S. The van der Waals surface area contributed by atoms with E-state index >= 15 is 0 Å². The van der Waals surface area contributed by atoms with Crippen molar-refractivity contribution in [3.8, 4) is 5.75 Å². The molecule has 0 bridgehead atoms. The Labute approximate surface area is 128 Å². The van der Waals surface area contributed by atoms with E-state index in [0.29, 0.717) is 4.77 Å². The molecule has 0 unspecified atom stereocenters. The van der Waals surface area contributed by atoms with Gasteiger partial charge in [0.1, 0.15) is 12.3 Å². The monoisotopic (exact) mass is 305 g/mol. The summed E-state index contributed by atoms with van der Waals surface area (Å²) < 4.78 is 7.68. The second kappa shape index (κ2) is 5.89. The summed E-state index contributed by atoms with van der Waals surface area (Å²) in [5.41, 5.74) is 1.83. The van der Waals surface area contributed by atoms with E-state index in [9.17, 15) is 4.79 Å². The smallest absolute Gasteiger partial charge is 0.242 e. The van der Waals surface area contributed by atoms with E-state index in [1.807, 2.05) is 27.7 Å². The lowest BCUT2D eigenvalue weighted by atomic mass is 10.1. The van der Waals surface area contributed by atoms with Gasteiger partial charge in [0.25, 0.3) is 0 Å². The van der Waals surface area contributed by atoms with Gasteiger partial charge in [-0.05, 0) is 43.6 Å². The van der Waals surface area contributed by atoms with Crippen molar-refractivity contribution in [2.45, 2.75) is 25.8 Å². The summed E-state index contributed by atoms with van der Waals surface area (Å²) in [6, 6.07) is 5.71. The van der Waals surface area contributed by atoms with Crippen LogP contribution in [0.15, 0.2) is 18.2 Å². The number of benzene rings is 1. The molecule has 6 heteroatoms. The first-order valence-corrected chi connectivity index (χ1v) is 7.64. The van der Waals surface area contributed by atoms with E-state index in [1.54, 1.807) is 7.11 Å². The molecule has 5 nitrogen and oxygen atoms in total. The van der Waals surface area contributed by atoms with Crippen molar-refractivity contribution in [3.63, 3.8) is 0 Å². The van der Waals surface area contributed by atoms with Gasteiger partial charge in [0.15, 0.2) is 4.77 Å². The Morgan fingerprint density at radius 2 is 2.10 bits per heavy atom. The fraction of sp³-hybridized carbons (Fsp3) is 0.467. The quantitative estimate of drug-likeness (QED) is 0.887. The average Bonchev–Trinajstić information content (AvgIpc) is 2.83. The number of aromatic amines is 1. The maximum Gasteiger partial charge on any atom is 0.242 e. The minimum atomic E-state index is 0.134. The molecule has 0 aliphatic carbocycles. The highest BCUT2D eigenvalue weighted by Gasteiger charge is 2.18. The van der Waals surface area contributed by atoms with E-state index in [0.717, 1.165) is 42.7 Å². The van der Waals surface area contributed by atoms with Crippen LogP contribution in [0.3, 0.4) is 0 Å². The van der Waals surface area contributed by atoms with E-state index in [-0.39, 0.29) is 12.5 Å². The minimum absolute atomic E-state index is 0.134. The van der Waals surface area contributed by atoms with Crippen molar-refractivity contribution in [2.24, 2.45) is 0 Å². The van der Waals surface area contributed by atoms with Crippen molar-refractivity contribution in [1.29, 1.82) is 0 Å². The fourth-order valence-corrected chi connectivity index (χ4v) is 3.07. The number of imidazole rings is 1. The molecule has 2 heterocycles. The van der Waals surface area contributed by atoms with Crippen LogP contribution >= 0.6 is 12.2 Å². The number of amides is 1. The number of ether oxygens (including phenoxy) is 1. The van der Waals surface area contributed by atoms with Crippen LogP contribution in [0.1, 0.15) is 19.3 Å². The van der Waals surface area contributed by atoms with Crippen LogP contribution in [0.4, 0.5) is 0 Å². The third kappa shape index (κ3) is 2.81. The number of hydrogen-bond donors (Lipinski definition) is 1. The number of methoxy groups -OCH3 is 1. The largest absolute Gasteiger partial charge is 0.497 e. The highest BCUT2D eigenvalue weighted by molar-refractivity contribution is 7.71. The Bertz CT molecular complexity index is 713. The summed E-state index contributed by atoms with van der Waals surface area (Å²) in [6.07, 6.45) is 3.41. The molecule has 0 spiro atoms. The molecule has 1 aromatic carbocycles. The van der Waals surface area contributed by atoms with Crippen molar-refractivity contribution in [1.82, 2.24) is 14.5 Å². The van der Waals surface area contributed by atoms with Crippen molar-refractivity contribution < 1.29 is 9.53 Å². The van der Waals surface area contributed by atoms with Crippen LogP contribution < -0.4 is 4.74 Å². The highest BCUT2D eigenvalue weighted by atomic mass is 32.1. The number of piperidine rings is 1. The molecule has 112 valence electrons. The third-order valence-corrected chi connectivity index (χ3v) is 4.31. The molecule has 1 aromatic heterocycles. The number of carbonyl (C=O) groups excluding carboxylic acids is 1. The highest BCUT2D eigenvalue weighted by Crippen LogP contribution is 2.21. The van der Waals surface area contributed by atoms with Gasteiger partial charge in [0, 0.05) is 19.2 Å². The molecule has 1 amide bonds. The molecule has 1 N–H and O–H groups in total. The summed E-state index contributed by atoms with van der Waals surface area (Å²) in [5, 5.41) is 0. The van der Waals surface area contributed by atoms with Crippen molar-refractivity contribution in [3.05, 3.63) is 23.0 Å². The third-order valence-electron chi connectivity index (χ3n) is 3.98. The number of hydrogen-bond acceptors (Lipinski definition) is 3. The standard InChI is InChI=1S/C15H19N3O2S/c1-20-11-5-6-12-13(9-11)18(15(21)16-12)10-14(19)17-7-3-2-4-8-17/h5-6,9H,2-4,7-8,10H2,1H3,(H,16,21). The number of aromatic nitrogens is 2. The van der Waals surface area contributed by atoms with Gasteiger partial charge in [0.05, 0.1) is 18.1 Å². The molecule has 1 fully saturated rings. The SMILES string of the molecule is COc1ccc2[nH]c(=S)n(CC(=O)N3CCCCC3)c2c1. The topological polar surface area (TPSA) is 50.3 Å². The molecule has 2 aromatic rings. The summed E-state index contributed by atoms with van der Waals surface area (Å²) >= 11 is 5.35. The van der Waals surface area contributed by atoms with E-state index in [4.69, 9.17) is 17.0 Å². The Morgan fingerprint density at radius 3 is 2.81 bits per heavy atom. The number of fused-ring (bicyclic) bond motifs is 1. The zero-order chi connectivity index (χ0) is 14.8. The van der Waals surface area contributed by atoms with Crippen LogP contribution in [0.5, 0.6) is 5.75 Å². The molecule has 1 aliphatic heterocycles. The lowest BCUT2D eigenvalue weighted by molar-refractivity contribution is -0.132. The van der Waals surface area contributed by atoms with Gasteiger partial charge in [-0.25, -0.2) is 0 Å². The zero-order valence-electron chi connectivity index (χ0n) is 12.1. The molecular weight excluding hydrogens is 286 g/mol. The van der Waals surface area contributed by atoms with Crippen LogP contribution in [-0.4, -0.2) is 40.6 Å². The average molecular weight is 305 g/mol. The number of H-pyrrole nitrogens is 1. The van der Waals surface area contributed by atoms with Gasteiger partial charge >= 0.3 is 0 Å². The van der Waals surface area contributed by atoms with Crippen LogP contribution in [0.2, 0.25) is 0 Å². The number of carbonyl (C=O) groups is 1. The summed E-state index contributed by atoms with van der Waals surface area (Å²) in [4.78, 5) is 17.5. The first-order valence-electron chi connectivity index (χ1n) is 7.23. The predicted octanol–water partition coefficient (Wildman–Crippen LogP) is 2.72. The van der Waals surface area contributed by atoms with Crippen LogP contribution in [-0.2, 0) is 11.3 Å². The fourth-order valence-electron chi connectivity index (χ4n) is 2.80. The van der Waals surface area contributed by atoms with Gasteiger partial charge in [-0.15, -0.1) is 0 Å². The van der Waals surface area contributed by atoms with Crippen LogP contribution in [0.25, 0.3) is 11.0 Å². The Morgan fingerprint density at radius 1 is 1.33 bits per heavy atom. The normalized spacial score (nSPS) is 15.4.